The normalized spacial score (nSPS) is 23.1. The highest BCUT2D eigenvalue weighted by Crippen LogP contribution is 2.16. The van der Waals surface area contributed by atoms with E-state index in [1.165, 1.54) is 23.7 Å². The monoisotopic (exact) mass is 266 g/mol. The van der Waals surface area contributed by atoms with E-state index in [1.54, 1.807) is 0 Å². The molecule has 0 radical (unpaired) electrons. The van der Waals surface area contributed by atoms with Gasteiger partial charge in [-0.05, 0) is 37.3 Å². The summed E-state index contributed by atoms with van der Waals surface area (Å²) in [6.07, 6.45) is 1.75. The summed E-state index contributed by atoms with van der Waals surface area (Å²) >= 11 is 0. The molecule has 1 aromatic heterocycles. The molecule has 1 aromatic rings. The lowest BCUT2D eigenvalue weighted by Crippen LogP contribution is -2.46. The predicted octanol–water partition coefficient (Wildman–Crippen LogP) is 0.804. The van der Waals surface area contributed by atoms with Crippen molar-refractivity contribution in [3.8, 4) is 0 Å². The van der Waals surface area contributed by atoms with Gasteiger partial charge in [0.25, 0.3) is 5.91 Å². The molecule has 0 bridgehead atoms. The van der Waals surface area contributed by atoms with Crippen molar-refractivity contribution >= 4 is 11.7 Å². The molecule has 0 aromatic carbocycles. The van der Waals surface area contributed by atoms with Crippen LogP contribution in [-0.4, -0.2) is 34.0 Å². The topological polar surface area (TPSA) is 89.2 Å². The maximum absolute atomic E-state index is 12.1. The Bertz CT molecular complexity index is 497. The lowest BCUT2D eigenvalue weighted by molar-refractivity contribution is -0.391. The number of aromatic nitrogens is 1. The van der Waals surface area contributed by atoms with Crippen molar-refractivity contribution in [2.75, 3.05) is 6.54 Å². The zero-order valence-corrected chi connectivity index (χ0v) is 11.0. The van der Waals surface area contributed by atoms with Gasteiger partial charge in [-0.1, -0.05) is 0 Å². The zero-order valence-electron chi connectivity index (χ0n) is 11.0. The number of nitrogens with one attached hydrogen (secondary N) is 2. The second-order valence-electron chi connectivity index (χ2n) is 4.94. The molecule has 2 atom stereocenters. The fourth-order valence-electron chi connectivity index (χ4n) is 2.43. The Morgan fingerprint density at radius 2 is 2.32 bits per heavy atom. The van der Waals surface area contributed by atoms with Crippen LogP contribution in [0.25, 0.3) is 0 Å². The van der Waals surface area contributed by atoms with Gasteiger partial charge >= 0.3 is 5.82 Å². The van der Waals surface area contributed by atoms with Gasteiger partial charge in [0.1, 0.15) is 0 Å². The van der Waals surface area contributed by atoms with Crippen molar-refractivity contribution in [3.05, 3.63) is 27.9 Å². The molecule has 104 valence electrons. The van der Waals surface area contributed by atoms with Crippen LogP contribution in [0.1, 0.15) is 30.3 Å². The third-order valence-corrected chi connectivity index (χ3v) is 3.47. The number of piperidine rings is 1. The van der Waals surface area contributed by atoms with Gasteiger partial charge in [0.15, 0.2) is 5.69 Å². The number of nitrogens with zero attached hydrogens (tertiary/aromatic N) is 2. The number of amides is 1. The molecule has 2 N–H and O–H groups in total. The fourth-order valence-corrected chi connectivity index (χ4v) is 2.43. The minimum atomic E-state index is -0.497. The Hall–Kier alpha value is -1.89. The van der Waals surface area contributed by atoms with Crippen LogP contribution in [-0.2, 0) is 7.05 Å². The van der Waals surface area contributed by atoms with Crippen LogP contribution >= 0.6 is 0 Å². The highest BCUT2D eigenvalue weighted by Gasteiger charge is 2.25. The van der Waals surface area contributed by atoms with Crippen LogP contribution in [0.15, 0.2) is 12.1 Å². The maximum Gasteiger partial charge on any atom is 0.323 e. The van der Waals surface area contributed by atoms with Gasteiger partial charge < -0.3 is 20.7 Å². The van der Waals surface area contributed by atoms with Crippen LogP contribution in [0.3, 0.4) is 0 Å². The van der Waals surface area contributed by atoms with E-state index in [4.69, 9.17) is 0 Å². The molecular weight excluding hydrogens is 248 g/mol. The third-order valence-electron chi connectivity index (χ3n) is 3.47. The zero-order chi connectivity index (χ0) is 14.0. The smallest absolute Gasteiger partial charge is 0.323 e. The first-order chi connectivity index (χ1) is 8.99. The van der Waals surface area contributed by atoms with E-state index in [9.17, 15) is 14.9 Å². The summed E-state index contributed by atoms with van der Waals surface area (Å²) in [7, 11) is 1.53. The molecule has 0 aliphatic carbocycles. The van der Waals surface area contributed by atoms with Gasteiger partial charge in [-0.15, -0.1) is 0 Å². The molecule has 1 aliphatic heterocycles. The summed E-state index contributed by atoms with van der Waals surface area (Å²) in [5.74, 6) is -0.335. The molecule has 7 nitrogen and oxygen atoms in total. The average Bonchev–Trinajstić information content (AvgIpc) is 2.71. The summed E-state index contributed by atoms with van der Waals surface area (Å²) in [6, 6.07) is 3.33. The maximum atomic E-state index is 12.1. The third kappa shape index (κ3) is 2.93. The van der Waals surface area contributed by atoms with Crippen molar-refractivity contribution in [1.82, 2.24) is 15.2 Å². The second-order valence-corrected chi connectivity index (χ2v) is 4.94. The molecule has 2 rings (SSSR count). The standard InChI is InChI=1S/C12H18N4O3/c1-8-7-9(5-6-13-8)14-12(17)10-3-4-11(15(10)2)16(18)19/h3-4,8-9,13H,5-7H2,1-2H3,(H,14,17). The Morgan fingerprint density at radius 1 is 1.58 bits per heavy atom. The summed E-state index contributed by atoms with van der Waals surface area (Å²) in [5.41, 5.74) is 0.317. The van der Waals surface area contributed by atoms with Crippen molar-refractivity contribution in [2.24, 2.45) is 7.05 Å². The first kappa shape index (κ1) is 13.5. The molecule has 7 heteroatoms. The van der Waals surface area contributed by atoms with Crippen LogP contribution in [0.2, 0.25) is 0 Å². The lowest BCUT2D eigenvalue weighted by Gasteiger charge is -2.28. The van der Waals surface area contributed by atoms with Gasteiger partial charge in [-0.3, -0.25) is 4.79 Å². The Labute approximate surface area is 111 Å². The Morgan fingerprint density at radius 3 is 2.89 bits per heavy atom. The van der Waals surface area contributed by atoms with Crippen LogP contribution in [0.4, 0.5) is 5.82 Å². The van der Waals surface area contributed by atoms with Crippen LogP contribution in [0, 0.1) is 10.1 Å². The molecule has 1 aliphatic rings. The summed E-state index contributed by atoms with van der Waals surface area (Å²) in [4.78, 5) is 22.3. The molecular formula is C12H18N4O3. The second kappa shape index (κ2) is 5.40. The van der Waals surface area contributed by atoms with E-state index in [1.807, 2.05) is 0 Å². The van der Waals surface area contributed by atoms with Crippen LogP contribution in [0.5, 0.6) is 0 Å². The van der Waals surface area contributed by atoms with Crippen molar-refractivity contribution in [2.45, 2.75) is 31.8 Å². The minimum absolute atomic E-state index is 0.0798. The Kier molecular flexibility index (Phi) is 3.84. The van der Waals surface area contributed by atoms with Crippen molar-refractivity contribution < 1.29 is 9.72 Å². The predicted molar refractivity (Wildman–Crippen MR) is 70.0 cm³/mol. The molecule has 2 heterocycles. The minimum Gasteiger partial charge on any atom is -0.358 e. The van der Waals surface area contributed by atoms with Crippen LogP contribution < -0.4 is 10.6 Å². The lowest BCUT2D eigenvalue weighted by atomic mass is 10.0. The summed E-state index contributed by atoms with van der Waals surface area (Å²) in [6.45, 7) is 2.95. The number of carbonyl (C=O) groups excluding carboxylic acids is 1. The van der Waals surface area contributed by atoms with E-state index in [0.29, 0.717) is 11.7 Å². The van der Waals surface area contributed by atoms with Crippen molar-refractivity contribution in [3.63, 3.8) is 0 Å². The molecule has 1 fully saturated rings. The summed E-state index contributed by atoms with van der Waals surface area (Å²) < 4.78 is 1.31. The SMILES string of the molecule is CC1CC(NC(=O)c2ccc([N+](=O)[O-])n2C)CCN1. The van der Waals surface area contributed by atoms with Crippen molar-refractivity contribution in [1.29, 1.82) is 0 Å². The number of hydrogen-bond donors (Lipinski definition) is 2. The largest absolute Gasteiger partial charge is 0.358 e. The van der Waals surface area contributed by atoms with Gasteiger partial charge in [0.05, 0.1) is 7.05 Å². The van der Waals surface area contributed by atoms with Gasteiger partial charge in [-0.2, -0.15) is 0 Å². The highest BCUT2D eigenvalue weighted by atomic mass is 16.6. The van der Waals surface area contributed by atoms with E-state index in [0.717, 1.165) is 19.4 Å². The molecule has 1 saturated heterocycles. The average molecular weight is 266 g/mol. The number of hydrogen-bond acceptors (Lipinski definition) is 4. The molecule has 0 saturated carbocycles. The number of carbonyl (C=O) groups is 1. The van der Waals surface area contributed by atoms with Gasteiger partial charge in [-0.25, -0.2) is 4.57 Å². The molecule has 19 heavy (non-hydrogen) atoms. The number of nitro groups is 1. The Balaban J connectivity index is 2.05. The quantitative estimate of drug-likeness (QED) is 0.625. The van der Waals surface area contributed by atoms with E-state index in [-0.39, 0.29) is 17.8 Å². The van der Waals surface area contributed by atoms with E-state index < -0.39 is 4.92 Å². The van der Waals surface area contributed by atoms with Gasteiger partial charge in [0, 0.05) is 18.2 Å². The molecule has 0 spiro atoms. The van der Waals surface area contributed by atoms with E-state index >= 15 is 0 Å². The highest BCUT2D eigenvalue weighted by molar-refractivity contribution is 5.93. The molecule has 2 unspecified atom stereocenters. The molecule has 1 amide bonds. The number of rotatable bonds is 3. The fraction of sp³-hybridized carbons (Fsp3) is 0.583. The van der Waals surface area contributed by atoms with Gasteiger partial charge in [0.2, 0.25) is 0 Å². The van der Waals surface area contributed by atoms with E-state index in [2.05, 4.69) is 17.6 Å². The first-order valence-electron chi connectivity index (χ1n) is 6.33. The first-order valence-corrected chi connectivity index (χ1v) is 6.33. The summed E-state index contributed by atoms with van der Waals surface area (Å²) in [5, 5.41) is 17.0.